The lowest BCUT2D eigenvalue weighted by molar-refractivity contribution is -0.172. The average Bonchev–Trinajstić information content (AvgIpc) is 2.98. The van der Waals surface area contributed by atoms with Crippen molar-refractivity contribution in [1.82, 2.24) is 4.98 Å². The van der Waals surface area contributed by atoms with Gasteiger partial charge in [0, 0.05) is 35.0 Å². The number of benzene rings is 1. The molecule has 0 saturated carbocycles. The van der Waals surface area contributed by atoms with Crippen LogP contribution in [0, 0.1) is 0 Å². The molecule has 1 aliphatic heterocycles. The number of oxime groups is 1. The molecule has 24 heavy (non-hydrogen) atoms. The molecule has 0 saturated heterocycles. The van der Waals surface area contributed by atoms with Crippen molar-refractivity contribution >= 4 is 38.5 Å². The van der Waals surface area contributed by atoms with Crippen LogP contribution in [-0.2, 0) is 14.4 Å². The summed E-state index contributed by atoms with van der Waals surface area (Å²) in [6.07, 6.45) is -1.31. The Balaban J connectivity index is 1.87. The molecule has 0 N–H and O–H groups in total. The van der Waals surface area contributed by atoms with E-state index in [1.807, 2.05) is 12.1 Å². The van der Waals surface area contributed by atoms with Gasteiger partial charge in [0.25, 0.3) is 6.43 Å². The number of ether oxygens (including phenoxy) is 1. The summed E-state index contributed by atoms with van der Waals surface area (Å²) < 4.78 is 32.4. The van der Waals surface area contributed by atoms with Gasteiger partial charge in [0.2, 0.25) is 5.60 Å². The molecule has 2 heterocycles. The Hall–Kier alpha value is -2.09. The first kappa shape index (κ1) is 16.8. The van der Waals surface area contributed by atoms with Crippen LogP contribution < -0.4 is 0 Å². The zero-order valence-electron chi connectivity index (χ0n) is 12.6. The quantitative estimate of drug-likeness (QED) is 0.736. The molecule has 2 aromatic rings. The second kappa shape index (κ2) is 6.43. The number of halogens is 3. The van der Waals surface area contributed by atoms with E-state index in [9.17, 15) is 13.6 Å². The number of hydrogen-bond acceptors (Lipinski definition) is 5. The van der Waals surface area contributed by atoms with Gasteiger partial charge < -0.3 is 9.57 Å². The largest absolute Gasteiger partial charge is 0.461 e. The van der Waals surface area contributed by atoms with Crippen LogP contribution in [0.5, 0.6) is 0 Å². The molecule has 1 aliphatic rings. The second-order valence-electron chi connectivity index (χ2n) is 5.51. The van der Waals surface area contributed by atoms with Crippen LogP contribution in [0.4, 0.5) is 8.78 Å². The van der Waals surface area contributed by atoms with Crippen LogP contribution in [0.3, 0.4) is 0 Å². The van der Waals surface area contributed by atoms with E-state index in [0.717, 1.165) is 22.3 Å². The standard InChI is InChI=1S/C16H13BrF2N2O3/c1-9(22)23-8-16(15(18)19)6-14(21-24-16)10-2-3-13-11(4-10)5-12(17)7-20-13/h2-5,7,15H,6,8H2,1H3. The van der Waals surface area contributed by atoms with Gasteiger partial charge in [-0.1, -0.05) is 11.2 Å². The third kappa shape index (κ3) is 3.24. The van der Waals surface area contributed by atoms with Crippen molar-refractivity contribution in [3.8, 4) is 0 Å². The molecule has 1 atom stereocenters. The number of nitrogens with zero attached hydrogens (tertiary/aromatic N) is 2. The zero-order chi connectivity index (χ0) is 17.3. The van der Waals surface area contributed by atoms with Crippen LogP contribution in [0.1, 0.15) is 18.9 Å². The molecule has 0 radical (unpaired) electrons. The SMILES string of the molecule is CC(=O)OCC1(C(F)F)CC(c2ccc3ncc(Br)cc3c2)=NO1. The first-order valence-corrected chi connectivity index (χ1v) is 7.91. The van der Waals surface area contributed by atoms with E-state index >= 15 is 0 Å². The molecule has 0 spiro atoms. The highest BCUT2D eigenvalue weighted by atomic mass is 79.9. The van der Waals surface area contributed by atoms with Gasteiger partial charge in [-0.25, -0.2) is 8.78 Å². The molecule has 1 aromatic carbocycles. The van der Waals surface area contributed by atoms with E-state index in [1.165, 1.54) is 0 Å². The first-order valence-electron chi connectivity index (χ1n) is 7.12. The summed E-state index contributed by atoms with van der Waals surface area (Å²) >= 11 is 3.35. The summed E-state index contributed by atoms with van der Waals surface area (Å²) in [7, 11) is 0. The minimum absolute atomic E-state index is 0.148. The van der Waals surface area contributed by atoms with Crippen molar-refractivity contribution in [2.45, 2.75) is 25.4 Å². The van der Waals surface area contributed by atoms with Crippen LogP contribution in [0.15, 0.2) is 40.1 Å². The molecule has 126 valence electrons. The summed E-state index contributed by atoms with van der Waals surface area (Å²) in [5.74, 6) is -0.645. The highest BCUT2D eigenvalue weighted by molar-refractivity contribution is 9.10. The number of esters is 1. The third-order valence-electron chi connectivity index (χ3n) is 3.70. The number of aromatic nitrogens is 1. The number of carbonyl (C=O) groups is 1. The van der Waals surface area contributed by atoms with Crippen LogP contribution in [-0.4, -0.2) is 35.3 Å². The lowest BCUT2D eigenvalue weighted by Crippen LogP contribution is -2.43. The van der Waals surface area contributed by atoms with Crippen molar-refractivity contribution in [1.29, 1.82) is 0 Å². The van der Waals surface area contributed by atoms with Gasteiger partial charge in [-0.3, -0.25) is 9.78 Å². The number of pyridine rings is 1. The molecule has 3 rings (SSSR count). The molecular formula is C16H13BrF2N2O3. The van der Waals surface area contributed by atoms with Gasteiger partial charge in [-0.15, -0.1) is 0 Å². The van der Waals surface area contributed by atoms with Crippen molar-refractivity contribution < 1.29 is 23.1 Å². The molecule has 0 fully saturated rings. The van der Waals surface area contributed by atoms with E-state index in [4.69, 9.17) is 9.57 Å². The summed E-state index contributed by atoms with van der Waals surface area (Å²) in [6, 6.07) is 7.22. The monoisotopic (exact) mass is 398 g/mol. The van der Waals surface area contributed by atoms with Gasteiger partial charge in [0.05, 0.1) is 11.2 Å². The van der Waals surface area contributed by atoms with Crippen molar-refractivity contribution in [3.63, 3.8) is 0 Å². The Morgan fingerprint density at radius 3 is 2.96 bits per heavy atom. The Bertz CT molecular complexity index is 828. The van der Waals surface area contributed by atoms with Crippen molar-refractivity contribution in [2.24, 2.45) is 5.16 Å². The van der Waals surface area contributed by atoms with Crippen LogP contribution >= 0.6 is 15.9 Å². The van der Waals surface area contributed by atoms with Crippen LogP contribution in [0.25, 0.3) is 10.9 Å². The molecule has 0 aliphatic carbocycles. The smallest absolute Gasteiger partial charge is 0.302 e. The lowest BCUT2D eigenvalue weighted by Gasteiger charge is -2.24. The predicted molar refractivity (Wildman–Crippen MR) is 87.1 cm³/mol. The summed E-state index contributed by atoms with van der Waals surface area (Å²) in [6.45, 7) is 0.609. The highest BCUT2D eigenvalue weighted by Crippen LogP contribution is 2.33. The Morgan fingerprint density at radius 2 is 2.25 bits per heavy atom. The maximum absolute atomic E-state index is 13.4. The molecule has 8 heteroatoms. The fourth-order valence-electron chi connectivity index (χ4n) is 2.41. The molecule has 1 unspecified atom stereocenters. The van der Waals surface area contributed by atoms with E-state index in [-0.39, 0.29) is 6.42 Å². The predicted octanol–water partition coefficient (Wildman–Crippen LogP) is 3.69. The summed E-state index contributed by atoms with van der Waals surface area (Å²) in [4.78, 5) is 20.2. The first-order chi connectivity index (χ1) is 11.4. The summed E-state index contributed by atoms with van der Waals surface area (Å²) in [5, 5.41) is 4.65. The number of hydrogen-bond donors (Lipinski definition) is 0. The average molecular weight is 399 g/mol. The van der Waals surface area contributed by atoms with E-state index in [2.05, 4.69) is 26.1 Å². The van der Waals surface area contributed by atoms with Gasteiger partial charge in [0.15, 0.2) is 0 Å². The topological polar surface area (TPSA) is 60.8 Å². The number of carbonyl (C=O) groups excluding carboxylic acids is 1. The molecule has 0 bridgehead atoms. The van der Waals surface area contributed by atoms with Gasteiger partial charge in [-0.2, -0.15) is 0 Å². The van der Waals surface area contributed by atoms with E-state index < -0.39 is 24.6 Å². The second-order valence-corrected chi connectivity index (χ2v) is 6.43. The minimum atomic E-state index is -2.84. The lowest BCUT2D eigenvalue weighted by atomic mass is 9.94. The Kier molecular flexibility index (Phi) is 4.49. The fraction of sp³-hybridized carbons (Fsp3) is 0.312. The van der Waals surface area contributed by atoms with E-state index in [0.29, 0.717) is 11.3 Å². The van der Waals surface area contributed by atoms with E-state index in [1.54, 1.807) is 18.3 Å². The van der Waals surface area contributed by atoms with Crippen LogP contribution in [0.2, 0.25) is 0 Å². The fourth-order valence-corrected chi connectivity index (χ4v) is 2.76. The Morgan fingerprint density at radius 1 is 1.46 bits per heavy atom. The maximum atomic E-state index is 13.4. The number of fused-ring (bicyclic) bond motifs is 1. The third-order valence-corrected chi connectivity index (χ3v) is 4.14. The Labute approximate surface area is 144 Å². The highest BCUT2D eigenvalue weighted by Gasteiger charge is 2.49. The molecule has 5 nitrogen and oxygen atoms in total. The molecular weight excluding hydrogens is 386 g/mol. The molecule has 1 aromatic heterocycles. The van der Waals surface area contributed by atoms with Gasteiger partial charge in [0.1, 0.15) is 6.61 Å². The number of rotatable bonds is 4. The normalized spacial score (nSPS) is 20.1. The zero-order valence-corrected chi connectivity index (χ0v) is 14.2. The summed E-state index contributed by atoms with van der Waals surface area (Å²) in [5.41, 5.74) is -0.121. The molecule has 0 amide bonds. The number of alkyl halides is 2. The van der Waals surface area contributed by atoms with Gasteiger partial charge >= 0.3 is 5.97 Å². The minimum Gasteiger partial charge on any atom is -0.461 e. The maximum Gasteiger partial charge on any atom is 0.302 e. The van der Waals surface area contributed by atoms with Gasteiger partial charge in [-0.05, 0) is 34.1 Å². The van der Waals surface area contributed by atoms with Crippen molar-refractivity contribution in [2.75, 3.05) is 6.61 Å². The van der Waals surface area contributed by atoms with Crippen molar-refractivity contribution in [3.05, 3.63) is 40.5 Å².